The van der Waals surface area contributed by atoms with Gasteiger partial charge < -0.3 is 20.9 Å². The van der Waals surface area contributed by atoms with Crippen molar-refractivity contribution in [2.24, 2.45) is 10.9 Å². The van der Waals surface area contributed by atoms with Crippen LogP contribution in [-0.4, -0.2) is 55.9 Å². The van der Waals surface area contributed by atoms with E-state index in [-0.39, 0.29) is 42.3 Å². The minimum absolute atomic E-state index is 0. The van der Waals surface area contributed by atoms with Crippen LogP contribution in [-0.2, 0) is 9.59 Å². The lowest BCUT2D eigenvalue weighted by atomic mass is 9.93. The lowest BCUT2D eigenvalue weighted by molar-refractivity contribution is -0.121. The Morgan fingerprint density at radius 3 is 2.41 bits per heavy atom. The topological polar surface area (TPSA) is 85.8 Å². The molecule has 1 saturated heterocycles. The van der Waals surface area contributed by atoms with Crippen molar-refractivity contribution in [1.82, 2.24) is 15.5 Å². The number of benzene rings is 1. The highest BCUT2D eigenvalue weighted by Crippen LogP contribution is 2.20. The third-order valence-electron chi connectivity index (χ3n) is 4.43. The van der Waals surface area contributed by atoms with Crippen LogP contribution in [0.5, 0.6) is 0 Å². The van der Waals surface area contributed by atoms with E-state index in [1.54, 1.807) is 7.05 Å². The Balaban J connectivity index is 0.00000364. The summed E-state index contributed by atoms with van der Waals surface area (Å²) in [6.45, 7) is 4.52. The van der Waals surface area contributed by atoms with Crippen molar-refractivity contribution in [3.8, 4) is 0 Å². The first-order valence-corrected chi connectivity index (χ1v) is 9.21. The van der Waals surface area contributed by atoms with Gasteiger partial charge in [-0.25, -0.2) is 4.99 Å². The number of nitrogens with zero attached hydrogens (tertiary/aromatic N) is 2. The Kier molecular flexibility index (Phi) is 10.8. The van der Waals surface area contributed by atoms with E-state index in [0.29, 0.717) is 12.3 Å². The molecule has 1 heterocycles. The second-order valence-corrected chi connectivity index (χ2v) is 6.39. The average molecular weight is 487 g/mol. The number of anilines is 1. The van der Waals surface area contributed by atoms with Crippen molar-refractivity contribution in [3.63, 3.8) is 0 Å². The highest BCUT2D eigenvalue weighted by Gasteiger charge is 2.23. The van der Waals surface area contributed by atoms with E-state index in [0.717, 1.165) is 44.1 Å². The molecule has 2 rings (SSSR count). The van der Waals surface area contributed by atoms with Crippen LogP contribution >= 0.6 is 24.0 Å². The summed E-state index contributed by atoms with van der Waals surface area (Å²) in [5.74, 6) is 1.13. The summed E-state index contributed by atoms with van der Waals surface area (Å²) in [5, 5.41) is 8.78. The predicted octanol–water partition coefficient (Wildman–Crippen LogP) is 2.06. The lowest BCUT2D eigenvalue weighted by Crippen LogP contribution is -2.46. The van der Waals surface area contributed by atoms with Crippen LogP contribution in [0.3, 0.4) is 0 Å². The highest BCUT2D eigenvalue weighted by atomic mass is 127. The van der Waals surface area contributed by atoms with Gasteiger partial charge in [0.15, 0.2) is 5.96 Å². The number of amides is 2. The van der Waals surface area contributed by atoms with Gasteiger partial charge in [-0.05, 0) is 37.8 Å². The number of likely N-dealkylation sites (tertiary alicyclic amines) is 1. The predicted molar refractivity (Wildman–Crippen MR) is 119 cm³/mol. The highest BCUT2D eigenvalue weighted by molar-refractivity contribution is 14.0. The molecule has 0 bridgehead atoms. The molecule has 7 nitrogen and oxygen atoms in total. The summed E-state index contributed by atoms with van der Waals surface area (Å²) in [6.07, 6.45) is 2.49. The lowest BCUT2D eigenvalue weighted by Gasteiger charge is -2.34. The van der Waals surface area contributed by atoms with Crippen molar-refractivity contribution in [1.29, 1.82) is 0 Å². The number of piperidine rings is 1. The minimum atomic E-state index is -0.138. The van der Waals surface area contributed by atoms with Gasteiger partial charge in [0, 0.05) is 38.8 Å². The summed E-state index contributed by atoms with van der Waals surface area (Å²) >= 11 is 0. The maximum atomic E-state index is 12.1. The van der Waals surface area contributed by atoms with Crippen LogP contribution in [0.2, 0.25) is 0 Å². The van der Waals surface area contributed by atoms with Crippen molar-refractivity contribution < 1.29 is 9.59 Å². The van der Waals surface area contributed by atoms with Gasteiger partial charge in [-0.3, -0.25) is 9.59 Å². The third-order valence-corrected chi connectivity index (χ3v) is 4.43. The Labute approximate surface area is 178 Å². The number of carbonyl (C=O) groups excluding carboxylic acids is 2. The molecule has 8 heteroatoms. The standard InChI is InChI=1S/C19H29N5O2.HI/c1-3-21-19(22-14-18(26)23-16-7-5-4-6-8-16)24-11-9-15(10-12-24)13-17(25)20-2;/h4-8,15H,3,9-14H2,1-2H3,(H,20,25)(H,21,22)(H,23,26);1H. The summed E-state index contributed by atoms with van der Waals surface area (Å²) < 4.78 is 0. The zero-order valence-electron chi connectivity index (χ0n) is 16.0. The van der Waals surface area contributed by atoms with E-state index < -0.39 is 0 Å². The number of aliphatic imine (C=N–C) groups is 1. The molecular formula is C19H30IN5O2. The number of hydrogen-bond donors (Lipinski definition) is 3. The van der Waals surface area contributed by atoms with Crippen LogP contribution in [0.25, 0.3) is 0 Å². The quantitative estimate of drug-likeness (QED) is 0.326. The summed E-state index contributed by atoms with van der Waals surface area (Å²) in [7, 11) is 1.67. The van der Waals surface area contributed by atoms with Crippen LogP contribution in [0, 0.1) is 5.92 Å². The molecule has 150 valence electrons. The van der Waals surface area contributed by atoms with Crippen molar-refractivity contribution in [2.75, 3.05) is 38.5 Å². The molecule has 0 atom stereocenters. The maximum Gasteiger partial charge on any atom is 0.246 e. The molecule has 1 aliphatic heterocycles. The smallest absolute Gasteiger partial charge is 0.246 e. The molecule has 0 radical (unpaired) electrons. The second kappa shape index (κ2) is 12.5. The number of para-hydroxylation sites is 1. The number of halogens is 1. The van der Waals surface area contributed by atoms with Gasteiger partial charge in [-0.1, -0.05) is 18.2 Å². The molecule has 0 aromatic heterocycles. The summed E-state index contributed by atoms with van der Waals surface area (Å²) in [4.78, 5) is 30.3. The summed E-state index contributed by atoms with van der Waals surface area (Å²) in [6, 6.07) is 9.37. The van der Waals surface area contributed by atoms with Gasteiger partial charge in [-0.2, -0.15) is 0 Å². The van der Waals surface area contributed by atoms with Crippen LogP contribution < -0.4 is 16.0 Å². The number of hydrogen-bond acceptors (Lipinski definition) is 3. The van der Waals surface area contributed by atoms with E-state index >= 15 is 0 Å². The van der Waals surface area contributed by atoms with Gasteiger partial charge in [0.2, 0.25) is 11.8 Å². The molecule has 1 fully saturated rings. The monoisotopic (exact) mass is 487 g/mol. The van der Waals surface area contributed by atoms with E-state index in [9.17, 15) is 9.59 Å². The largest absolute Gasteiger partial charge is 0.359 e. The molecule has 27 heavy (non-hydrogen) atoms. The van der Waals surface area contributed by atoms with Gasteiger partial charge in [-0.15, -0.1) is 24.0 Å². The minimum Gasteiger partial charge on any atom is -0.359 e. The van der Waals surface area contributed by atoms with E-state index in [4.69, 9.17) is 0 Å². The van der Waals surface area contributed by atoms with Gasteiger partial charge in [0.05, 0.1) is 0 Å². The summed E-state index contributed by atoms with van der Waals surface area (Å²) in [5.41, 5.74) is 0.771. The molecule has 0 spiro atoms. The van der Waals surface area contributed by atoms with Crippen LogP contribution in [0.4, 0.5) is 5.69 Å². The Morgan fingerprint density at radius 2 is 1.81 bits per heavy atom. The molecule has 0 aliphatic carbocycles. The maximum absolute atomic E-state index is 12.1. The zero-order valence-corrected chi connectivity index (χ0v) is 18.4. The fourth-order valence-corrected chi connectivity index (χ4v) is 3.01. The fraction of sp³-hybridized carbons (Fsp3) is 0.526. The van der Waals surface area contributed by atoms with Crippen molar-refractivity contribution >= 4 is 47.4 Å². The Bertz CT molecular complexity index is 616. The Hall–Kier alpha value is -1.84. The van der Waals surface area contributed by atoms with E-state index in [1.807, 2.05) is 37.3 Å². The SMILES string of the molecule is CCNC(=NCC(=O)Nc1ccccc1)N1CCC(CC(=O)NC)CC1.I. The molecule has 1 aliphatic rings. The van der Waals surface area contributed by atoms with Crippen LogP contribution in [0.1, 0.15) is 26.2 Å². The van der Waals surface area contributed by atoms with Crippen LogP contribution in [0.15, 0.2) is 35.3 Å². The molecule has 2 amide bonds. The first-order chi connectivity index (χ1) is 12.6. The molecule has 1 aromatic rings. The molecular weight excluding hydrogens is 457 g/mol. The molecule has 1 aromatic carbocycles. The fourth-order valence-electron chi connectivity index (χ4n) is 3.01. The number of nitrogens with one attached hydrogen (secondary N) is 3. The van der Waals surface area contributed by atoms with Gasteiger partial charge >= 0.3 is 0 Å². The second-order valence-electron chi connectivity index (χ2n) is 6.39. The Morgan fingerprint density at radius 1 is 1.15 bits per heavy atom. The number of rotatable bonds is 6. The first kappa shape index (κ1) is 23.2. The van der Waals surface area contributed by atoms with E-state index in [2.05, 4.69) is 25.8 Å². The van der Waals surface area contributed by atoms with Crippen molar-refractivity contribution in [2.45, 2.75) is 26.2 Å². The van der Waals surface area contributed by atoms with Gasteiger partial charge in [0.1, 0.15) is 6.54 Å². The van der Waals surface area contributed by atoms with E-state index in [1.165, 1.54) is 0 Å². The number of guanidine groups is 1. The third kappa shape index (κ3) is 8.15. The molecule has 0 unspecified atom stereocenters. The normalized spacial score (nSPS) is 14.9. The zero-order chi connectivity index (χ0) is 18.8. The molecule has 3 N–H and O–H groups in total. The van der Waals surface area contributed by atoms with Gasteiger partial charge in [0.25, 0.3) is 0 Å². The number of carbonyl (C=O) groups is 2. The average Bonchev–Trinajstić information content (AvgIpc) is 2.66. The molecule has 0 saturated carbocycles. The van der Waals surface area contributed by atoms with Crippen molar-refractivity contribution in [3.05, 3.63) is 30.3 Å². The first-order valence-electron chi connectivity index (χ1n) is 9.21.